The molecule has 0 amide bonds. The molecule has 2 fully saturated rings. The van der Waals surface area contributed by atoms with E-state index in [-0.39, 0.29) is 0 Å². The van der Waals surface area contributed by atoms with E-state index in [0.29, 0.717) is 10.8 Å². The summed E-state index contributed by atoms with van der Waals surface area (Å²) in [4.78, 5) is 0. The first-order valence-electron chi connectivity index (χ1n) is 7.49. The number of hydrogen-bond donors (Lipinski definition) is 1. The standard InChI is InChI=1S/C17H25N/c1-18-14-17(15-8-4-2-5-9-15)12-16(13-17)10-6-3-7-11-16/h2,4-5,8-9,18H,3,6-7,10-14H2,1H3. The van der Waals surface area contributed by atoms with Gasteiger partial charge in [0.05, 0.1) is 0 Å². The SMILES string of the molecule is CNCC1(c2ccccc2)CC2(CCCCC2)C1. The van der Waals surface area contributed by atoms with E-state index in [1.54, 1.807) is 5.56 Å². The van der Waals surface area contributed by atoms with Gasteiger partial charge >= 0.3 is 0 Å². The highest BCUT2D eigenvalue weighted by atomic mass is 14.8. The Morgan fingerprint density at radius 1 is 1.00 bits per heavy atom. The molecule has 0 atom stereocenters. The van der Waals surface area contributed by atoms with Crippen molar-refractivity contribution in [2.24, 2.45) is 5.41 Å². The Balaban J connectivity index is 1.79. The third kappa shape index (κ3) is 1.99. The molecule has 1 aromatic rings. The minimum Gasteiger partial charge on any atom is -0.319 e. The molecular formula is C17H25N. The van der Waals surface area contributed by atoms with Gasteiger partial charge in [-0.05, 0) is 43.7 Å². The lowest BCUT2D eigenvalue weighted by Crippen LogP contribution is -2.54. The van der Waals surface area contributed by atoms with Crippen molar-refractivity contribution in [3.8, 4) is 0 Å². The van der Waals surface area contributed by atoms with Crippen LogP contribution in [-0.2, 0) is 5.41 Å². The van der Waals surface area contributed by atoms with Crippen LogP contribution in [0.4, 0.5) is 0 Å². The molecule has 0 bridgehead atoms. The highest BCUT2D eigenvalue weighted by Crippen LogP contribution is 2.61. The van der Waals surface area contributed by atoms with Crippen molar-refractivity contribution in [2.75, 3.05) is 13.6 Å². The monoisotopic (exact) mass is 243 g/mol. The second-order valence-electron chi connectivity index (χ2n) is 6.59. The highest BCUT2D eigenvalue weighted by molar-refractivity contribution is 5.31. The van der Waals surface area contributed by atoms with Crippen LogP contribution >= 0.6 is 0 Å². The van der Waals surface area contributed by atoms with Crippen LogP contribution in [0.3, 0.4) is 0 Å². The third-order valence-electron chi connectivity index (χ3n) is 5.24. The van der Waals surface area contributed by atoms with E-state index < -0.39 is 0 Å². The first kappa shape index (κ1) is 12.2. The van der Waals surface area contributed by atoms with Gasteiger partial charge in [-0.15, -0.1) is 0 Å². The normalized spacial score (nSPS) is 24.7. The summed E-state index contributed by atoms with van der Waals surface area (Å²) in [5.74, 6) is 0. The van der Waals surface area contributed by atoms with Crippen LogP contribution in [0.25, 0.3) is 0 Å². The van der Waals surface area contributed by atoms with Crippen molar-refractivity contribution >= 4 is 0 Å². The van der Waals surface area contributed by atoms with Gasteiger partial charge in [0, 0.05) is 12.0 Å². The van der Waals surface area contributed by atoms with Crippen LogP contribution in [-0.4, -0.2) is 13.6 Å². The van der Waals surface area contributed by atoms with Crippen molar-refractivity contribution in [3.63, 3.8) is 0 Å². The maximum atomic E-state index is 3.43. The summed E-state index contributed by atoms with van der Waals surface area (Å²) in [6.07, 6.45) is 10.2. The number of benzene rings is 1. The number of nitrogens with one attached hydrogen (secondary N) is 1. The van der Waals surface area contributed by atoms with Crippen LogP contribution in [0.1, 0.15) is 50.5 Å². The number of hydrogen-bond acceptors (Lipinski definition) is 1. The first-order chi connectivity index (χ1) is 8.79. The minimum absolute atomic E-state index is 0.424. The molecule has 1 aromatic carbocycles. The summed E-state index contributed by atoms with van der Waals surface area (Å²) in [6.45, 7) is 1.14. The van der Waals surface area contributed by atoms with E-state index in [2.05, 4.69) is 42.7 Å². The van der Waals surface area contributed by atoms with Gasteiger partial charge < -0.3 is 5.32 Å². The molecule has 98 valence electrons. The number of rotatable bonds is 3. The largest absolute Gasteiger partial charge is 0.319 e. The van der Waals surface area contributed by atoms with Gasteiger partial charge in [-0.3, -0.25) is 0 Å². The summed E-state index contributed by atoms with van der Waals surface area (Å²) in [7, 11) is 2.09. The van der Waals surface area contributed by atoms with Crippen LogP contribution in [0.15, 0.2) is 30.3 Å². The molecular weight excluding hydrogens is 218 g/mol. The van der Waals surface area contributed by atoms with Gasteiger partial charge in [0.15, 0.2) is 0 Å². The summed E-state index contributed by atoms with van der Waals surface area (Å²) >= 11 is 0. The van der Waals surface area contributed by atoms with Crippen molar-refractivity contribution < 1.29 is 0 Å². The topological polar surface area (TPSA) is 12.0 Å². The van der Waals surface area contributed by atoms with E-state index in [1.165, 1.54) is 44.9 Å². The molecule has 0 heterocycles. The molecule has 0 aliphatic heterocycles. The second-order valence-corrected chi connectivity index (χ2v) is 6.59. The van der Waals surface area contributed by atoms with Gasteiger partial charge in [-0.25, -0.2) is 0 Å². The van der Waals surface area contributed by atoms with Crippen LogP contribution < -0.4 is 5.32 Å². The summed E-state index contributed by atoms with van der Waals surface area (Å²) in [6, 6.07) is 11.2. The fourth-order valence-corrected chi connectivity index (χ4v) is 4.60. The lowest BCUT2D eigenvalue weighted by atomic mass is 9.46. The molecule has 1 spiro atoms. The fourth-order valence-electron chi connectivity index (χ4n) is 4.60. The van der Waals surface area contributed by atoms with Crippen molar-refractivity contribution in [1.82, 2.24) is 5.32 Å². The Labute approximate surface area is 111 Å². The molecule has 3 rings (SSSR count). The summed E-state index contributed by atoms with van der Waals surface area (Å²) < 4.78 is 0. The molecule has 2 aliphatic carbocycles. The van der Waals surface area contributed by atoms with E-state index in [9.17, 15) is 0 Å². The van der Waals surface area contributed by atoms with E-state index in [4.69, 9.17) is 0 Å². The van der Waals surface area contributed by atoms with Crippen molar-refractivity contribution in [1.29, 1.82) is 0 Å². The zero-order valence-electron chi connectivity index (χ0n) is 11.5. The first-order valence-corrected chi connectivity index (χ1v) is 7.49. The Kier molecular flexibility index (Phi) is 3.19. The van der Waals surface area contributed by atoms with Crippen LogP contribution in [0.5, 0.6) is 0 Å². The quantitative estimate of drug-likeness (QED) is 0.849. The Morgan fingerprint density at radius 2 is 1.67 bits per heavy atom. The Bertz CT molecular complexity index is 381. The van der Waals surface area contributed by atoms with Gasteiger partial charge in [0.2, 0.25) is 0 Å². The fraction of sp³-hybridized carbons (Fsp3) is 0.647. The molecule has 0 radical (unpaired) electrons. The van der Waals surface area contributed by atoms with Crippen LogP contribution in [0, 0.1) is 5.41 Å². The predicted octanol–water partition coefficient (Wildman–Crippen LogP) is 3.89. The Hall–Kier alpha value is -0.820. The molecule has 0 unspecified atom stereocenters. The summed E-state index contributed by atoms with van der Waals surface area (Å²) in [5.41, 5.74) is 2.67. The van der Waals surface area contributed by atoms with Crippen molar-refractivity contribution in [2.45, 2.75) is 50.4 Å². The van der Waals surface area contributed by atoms with E-state index in [1.807, 2.05) is 0 Å². The zero-order valence-corrected chi connectivity index (χ0v) is 11.5. The average molecular weight is 243 g/mol. The maximum Gasteiger partial charge on any atom is 0.00882 e. The number of likely N-dealkylation sites (N-methyl/N-ethyl adjacent to an activating group) is 1. The molecule has 0 saturated heterocycles. The van der Waals surface area contributed by atoms with E-state index in [0.717, 1.165) is 6.54 Å². The van der Waals surface area contributed by atoms with Gasteiger partial charge in [-0.1, -0.05) is 49.6 Å². The van der Waals surface area contributed by atoms with Gasteiger partial charge in [-0.2, -0.15) is 0 Å². The average Bonchev–Trinajstić information content (AvgIpc) is 2.39. The molecule has 1 N–H and O–H groups in total. The lowest BCUT2D eigenvalue weighted by molar-refractivity contribution is -0.0118. The third-order valence-corrected chi connectivity index (χ3v) is 5.24. The highest BCUT2D eigenvalue weighted by Gasteiger charge is 2.54. The maximum absolute atomic E-state index is 3.43. The van der Waals surface area contributed by atoms with Gasteiger partial charge in [0.25, 0.3) is 0 Å². The molecule has 2 saturated carbocycles. The molecule has 1 nitrogen and oxygen atoms in total. The van der Waals surface area contributed by atoms with Gasteiger partial charge in [0.1, 0.15) is 0 Å². The van der Waals surface area contributed by atoms with Crippen LogP contribution in [0.2, 0.25) is 0 Å². The smallest absolute Gasteiger partial charge is 0.00882 e. The summed E-state index contributed by atoms with van der Waals surface area (Å²) in [5, 5.41) is 3.43. The Morgan fingerprint density at radius 3 is 2.28 bits per heavy atom. The molecule has 0 aromatic heterocycles. The van der Waals surface area contributed by atoms with E-state index >= 15 is 0 Å². The molecule has 2 aliphatic rings. The predicted molar refractivity (Wildman–Crippen MR) is 76.8 cm³/mol. The zero-order chi connectivity index (χ0) is 12.5. The second kappa shape index (κ2) is 4.70. The molecule has 1 heteroatoms. The minimum atomic E-state index is 0.424. The lowest BCUT2D eigenvalue weighted by Gasteiger charge is -2.59. The molecule has 18 heavy (non-hydrogen) atoms. The van der Waals surface area contributed by atoms with Crippen molar-refractivity contribution in [3.05, 3.63) is 35.9 Å².